The average molecular weight is 862 g/mol. The van der Waals surface area contributed by atoms with Gasteiger partial charge in [-0.1, -0.05) is 48.0 Å². The maximum Gasteiger partial charge on any atom is 0.243 e. The Morgan fingerprint density at radius 2 is 1.23 bits per heavy atom. The van der Waals surface area contributed by atoms with E-state index in [2.05, 4.69) is 36.2 Å². The minimum Gasteiger partial charge on any atom is -0.508 e. The number of halogens is 1. The van der Waals surface area contributed by atoms with Gasteiger partial charge in [-0.2, -0.15) is 0 Å². The van der Waals surface area contributed by atoms with Crippen LogP contribution in [0.25, 0.3) is 21.8 Å². The van der Waals surface area contributed by atoms with Crippen LogP contribution in [0.1, 0.15) is 49.9 Å². The van der Waals surface area contributed by atoms with E-state index in [0.29, 0.717) is 32.6 Å². The molecule has 324 valence electrons. The normalized spacial score (nSPS) is 13.8. The van der Waals surface area contributed by atoms with E-state index in [-0.39, 0.29) is 31.4 Å². The van der Waals surface area contributed by atoms with Gasteiger partial charge < -0.3 is 47.8 Å². The van der Waals surface area contributed by atoms with Gasteiger partial charge in [-0.05, 0) is 92.4 Å². The number of aromatic amines is 2. The lowest BCUT2D eigenvalue weighted by atomic mass is 9.74. The van der Waals surface area contributed by atoms with Gasteiger partial charge >= 0.3 is 0 Å². The molecule has 3 aromatic heterocycles. The molecule has 15 nitrogen and oxygen atoms in total. The van der Waals surface area contributed by atoms with Crippen molar-refractivity contribution in [2.45, 2.75) is 83.1 Å². The predicted octanol–water partition coefficient (Wildman–Crippen LogP) is 3.86. The third-order valence-corrected chi connectivity index (χ3v) is 11.8. The highest BCUT2D eigenvalue weighted by Gasteiger charge is 2.42. The number of pyridine rings is 1. The Kier molecular flexibility index (Phi) is 13.7. The number of hydrogen-bond acceptors (Lipinski definition) is 8. The van der Waals surface area contributed by atoms with Gasteiger partial charge in [-0.25, -0.2) is 0 Å². The number of phenolic OH excluding ortho intramolecular Hbond substituents is 1. The van der Waals surface area contributed by atoms with Crippen LogP contribution < -0.4 is 32.7 Å². The molecule has 0 saturated heterocycles. The fourth-order valence-electron chi connectivity index (χ4n) is 6.99. The van der Waals surface area contributed by atoms with Crippen molar-refractivity contribution in [2.75, 3.05) is 0 Å². The largest absolute Gasteiger partial charge is 0.508 e. The summed E-state index contributed by atoms with van der Waals surface area (Å²) in [6, 6.07) is 17.5. The Balaban J connectivity index is 1.30. The molecular weight excluding hydrogens is 810 g/mol. The number of nitrogens with zero attached hydrogens (tertiary/aromatic N) is 1. The van der Waals surface area contributed by atoms with Crippen LogP contribution in [0.2, 0.25) is 5.02 Å². The Bertz CT molecular complexity index is 2560. The molecule has 0 fully saturated rings. The lowest BCUT2D eigenvalue weighted by molar-refractivity contribution is -0.137. The molecule has 3 heterocycles. The quantitative estimate of drug-likeness (QED) is 0.0613. The lowest BCUT2D eigenvalue weighted by Gasteiger charge is -2.38. The molecule has 0 bridgehead atoms. The van der Waals surface area contributed by atoms with E-state index in [4.69, 9.17) is 23.1 Å². The van der Waals surface area contributed by atoms with Gasteiger partial charge in [0.15, 0.2) is 0 Å². The maximum absolute atomic E-state index is 14.6. The van der Waals surface area contributed by atoms with E-state index in [1.165, 1.54) is 6.07 Å². The van der Waals surface area contributed by atoms with Gasteiger partial charge in [0.1, 0.15) is 29.9 Å². The van der Waals surface area contributed by atoms with E-state index in [9.17, 15) is 29.1 Å². The fourth-order valence-corrected chi connectivity index (χ4v) is 7.11. The third kappa shape index (κ3) is 10.8. The summed E-state index contributed by atoms with van der Waals surface area (Å²) >= 11 is 6.19. The molecule has 3 aromatic carbocycles. The number of nitrogens with one attached hydrogen (secondary N) is 6. The highest BCUT2D eigenvalue weighted by molar-refractivity contribution is 6.30. The van der Waals surface area contributed by atoms with Crippen molar-refractivity contribution in [1.82, 2.24) is 36.2 Å². The van der Waals surface area contributed by atoms with E-state index < -0.39 is 64.7 Å². The van der Waals surface area contributed by atoms with Gasteiger partial charge in [-0.3, -0.25) is 29.0 Å². The van der Waals surface area contributed by atoms with Crippen LogP contribution in [-0.4, -0.2) is 79.3 Å². The number of phenols is 1. The Morgan fingerprint density at radius 1 is 0.677 bits per heavy atom. The summed E-state index contributed by atoms with van der Waals surface area (Å²) < 4.78 is 0. The van der Waals surface area contributed by atoms with Crippen LogP contribution in [0.15, 0.2) is 104 Å². The second-order valence-corrected chi connectivity index (χ2v) is 17.1. The van der Waals surface area contributed by atoms with E-state index >= 15 is 0 Å². The van der Waals surface area contributed by atoms with E-state index in [0.717, 1.165) is 16.5 Å². The number of rotatable bonds is 18. The van der Waals surface area contributed by atoms with Crippen LogP contribution in [-0.2, 0) is 49.7 Å². The lowest BCUT2D eigenvalue weighted by Crippen LogP contribution is -2.61. The number of benzene rings is 3. The minimum absolute atomic E-state index is 0.0130. The molecular formula is C46H52ClN9O6. The molecule has 6 aromatic rings. The number of aromatic hydroxyl groups is 1. The molecule has 0 aliphatic heterocycles. The molecule has 0 aliphatic carbocycles. The van der Waals surface area contributed by atoms with Crippen LogP contribution in [0.3, 0.4) is 0 Å². The number of hydrogen-bond donors (Lipinski definition) is 9. The number of aromatic nitrogens is 3. The zero-order valence-corrected chi connectivity index (χ0v) is 35.7. The number of H-pyrrole nitrogens is 2. The van der Waals surface area contributed by atoms with Crippen molar-refractivity contribution in [2.24, 2.45) is 16.9 Å². The second kappa shape index (κ2) is 18.9. The molecule has 5 amide bonds. The number of amides is 5. The van der Waals surface area contributed by atoms with Crippen LogP contribution in [0.4, 0.5) is 0 Å². The SMILES string of the molecule is CC(C)(N)C(C)(C)C(=O)N[C@@H](Cc1c[nH]c2ccc(O)cc12)C(=O)N[C@@H](Cc1ccc(Cl)cc1)C(=O)N[C@@H](Cc1cccnc1)C(=O)N[C@H](Cc1c[nH]c2ccccc12)C(N)=O. The monoisotopic (exact) mass is 861 g/mol. The summed E-state index contributed by atoms with van der Waals surface area (Å²) in [5, 5.41) is 23.5. The van der Waals surface area contributed by atoms with Crippen molar-refractivity contribution >= 4 is 62.9 Å². The first kappa shape index (κ1) is 44.8. The smallest absolute Gasteiger partial charge is 0.243 e. The van der Waals surface area contributed by atoms with Gasteiger partial charge in [0.25, 0.3) is 0 Å². The summed E-state index contributed by atoms with van der Waals surface area (Å²) in [7, 11) is 0. The van der Waals surface area contributed by atoms with Crippen molar-refractivity contribution < 1.29 is 29.1 Å². The van der Waals surface area contributed by atoms with Crippen molar-refractivity contribution in [3.05, 3.63) is 131 Å². The molecule has 4 atom stereocenters. The highest BCUT2D eigenvalue weighted by Crippen LogP contribution is 2.29. The Hall–Kier alpha value is -6.71. The topological polar surface area (TPSA) is 250 Å². The number of para-hydroxylation sites is 1. The fraction of sp³-hybridized carbons (Fsp3) is 0.304. The number of carbonyl (C=O) groups excluding carboxylic acids is 5. The first-order valence-electron chi connectivity index (χ1n) is 20.2. The highest BCUT2D eigenvalue weighted by atomic mass is 35.5. The average Bonchev–Trinajstić information content (AvgIpc) is 3.83. The van der Waals surface area contributed by atoms with Gasteiger partial charge in [-0.15, -0.1) is 0 Å². The first-order valence-corrected chi connectivity index (χ1v) is 20.5. The van der Waals surface area contributed by atoms with Crippen LogP contribution in [0.5, 0.6) is 5.75 Å². The summed E-state index contributed by atoms with van der Waals surface area (Å²) in [5.74, 6) is -3.39. The molecule has 0 spiro atoms. The van der Waals surface area contributed by atoms with Crippen molar-refractivity contribution in [1.29, 1.82) is 0 Å². The number of primary amides is 1. The number of fused-ring (bicyclic) bond motifs is 2. The van der Waals surface area contributed by atoms with Gasteiger partial charge in [0.05, 0.1) is 5.41 Å². The van der Waals surface area contributed by atoms with Gasteiger partial charge in [0.2, 0.25) is 29.5 Å². The minimum atomic E-state index is -1.29. The molecule has 0 saturated carbocycles. The van der Waals surface area contributed by atoms with E-state index in [1.807, 2.05) is 24.3 Å². The zero-order valence-electron chi connectivity index (χ0n) is 34.9. The van der Waals surface area contributed by atoms with Crippen LogP contribution >= 0.6 is 11.6 Å². The molecule has 62 heavy (non-hydrogen) atoms. The summed E-state index contributed by atoms with van der Waals surface area (Å²) in [6.45, 7) is 6.77. The standard InChI is InChI=1S/C46H52ClN9O6/c1-45(2,46(3,4)49)44(62)56-39(21-29-25-52-35-16-15-31(57)22-33(29)35)43(61)54-37(18-26-11-13-30(47)14-12-26)42(60)55-38(19-27-8-7-17-50-23-27)41(59)53-36(40(48)58)20-28-24-51-34-10-6-5-9-32(28)34/h5-17,22-25,36-39,51-52,57H,18-21,49H2,1-4H3,(H2,48,58)(H,53,59)(H,54,61)(H,55,60)(H,56,62)/t36-,37+,38+,39+/m1/s1. The van der Waals surface area contributed by atoms with E-state index in [1.54, 1.807) is 101 Å². The summed E-state index contributed by atoms with van der Waals surface area (Å²) in [6.07, 6.45) is 6.55. The first-order chi connectivity index (χ1) is 29.4. The third-order valence-electron chi connectivity index (χ3n) is 11.5. The molecule has 0 unspecified atom stereocenters. The molecule has 0 aliphatic rings. The maximum atomic E-state index is 14.6. The summed E-state index contributed by atoms with van der Waals surface area (Å²) in [4.78, 5) is 80.5. The van der Waals surface area contributed by atoms with Crippen molar-refractivity contribution in [3.8, 4) is 5.75 Å². The zero-order chi connectivity index (χ0) is 44.8. The Labute approximate surface area is 363 Å². The summed E-state index contributed by atoms with van der Waals surface area (Å²) in [5.41, 5.74) is 14.3. The van der Waals surface area contributed by atoms with Gasteiger partial charge in [0, 0.05) is 82.8 Å². The predicted molar refractivity (Wildman–Crippen MR) is 238 cm³/mol. The molecule has 11 N–H and O–H groups in total. The number of carbonyl (C=O) groups is 5. The second-order valence-electron chi connectivity index (χ2n) is 16.7. The molecule has 16 heteroatoms. The molecule has 6 rings (SSSR count). The van der Waals surface area contributed by atoms with Crippen LogP contribution in [0, 0.1) is 5.41 Å². The number of nitrogens with two attached hydrogens (primary N) is 2. The molecule has 0 radical (unpaired) electrons. The van der Waals surface area contributed by atoms with Crippen molar-refractivity contribution in [3.63, 3.8) is 0 Å². The Morgan fingerprint density at radius 3 is 1.82 bits per heavy atom.